The Morgan fingerprint density at radius 1 is 1.08 bits per heavy atom. The minimum absolute atomic E-state index is 0.0254. The summed E-state index contributed by atoms with van der Waals surface area (Å²) in [5, 5.41) is 3.07. The first-order chi connectivity index (χ1) is 17.0. The van der Waals surface area contributed by atoms with Crippen molar-refractivity contribution in [1.82, 2.24) is 15.1 Å². The number of carbonyl (C=O) groups is 2. The molecule has 4 atom stereocenters. The summed E-state index contributed by atoms with van der Waals surface area (Å²) in [5.74, 6) is 1.14. The molecule has 7 heteroatoms. The minimum Gasteiger partial charge on any atom is -0.490 e. The molecule has 3 heterocycles. The zero-order chi connectivity index (χ0) is 26.0. The third-order valence-electron chi connectivity index (χ3n) is 6.95. The van der Waals surface area contributed by atoms with E-state index in [-0.39, 0.29) is 41.6 Å². The number of hydrogen-bond donors (Lipinski definition) is 1. The highest BCUT2D eigenvalue weighted by Crippen LogP contribution is 2.35. The molecule has 4 rings (SSSR count). The molecule has 1 aromatic carbocycles. The van der Waals surface area contributed by atoms with Crippen molar-refractivity contribution < 1.29 is 19.1 Å². The second kappa shape index (κ2) is 10.7. The summed E-state index contributed by atoms with van der Waals surface area (Å²) in [5.41, 5.74) is 1.70. The molecule has 196 valence electrons. The lowest BCUT2D eigenvalue weighted by Gasteiger charge is -2.35. The summed E-state index contributed by atoms with van der Waals surface area (Å²) in [6.45, 7) is 14.4. The Kier molecular flexibility index (Phi) is 7.79. The standard InChI is InChI=1S/C29H41N3O4/c1-19(2)14-23-25(36-29(4,5)6)16-27(34)32(23)22-12-13-31(17-22)24-15-26(33)30-28(24)20(3)35-18-21-10-8-7-9-11-21/h7-11,15-16,19-20,22-23,28H,12-14,17-18H2,1-6H3,(H,30,33)/t20-,22+,23+,28?/m1/s1. The lowest BCUT2D eigenvalue weighted by molar-refractivity contribution is -0.129. The first-order valence-electron chi connectivity index (χ1n) is 13.2. The predicted octanol–water partition coefficient (Wildman–Crippen LogP) is 4.00. The van der Waals surface area contributed by atoms with Crippen LogP contribution in [-0.4, -0.2) is 64.5 Å². The van der Waals surface area contributed by atoms with Crippen LogP contribution in [0.5, 0.6) is 0 Å². The van der Waals surface area contributed by atoms with Crippen LogP contribution in [0.4, 0.5) is 0 Å². The van der Waals surface area contributed by atoms with Crippen molar-refractivity contribution in [1.29, 1.82) is 0 Å². The second-order valence-electron chi connectivity index (χ2n) is 11.6. The SMILES string of the molecule is CC(C)C[C@H]1C(OC(C)(C)C)=CC(=O)N1[C@H]1CCN(C2=CC(=O)NC2[C@@H](C)OCc2ccccc2)C1. The number of amides is 2. The van der Waals surface area contributed by atoms with Crippen LogP contribution in [0.1, 0.15) is 59.9 Å². The average Bonchev–Trinajstić information content (AvgIpc) is 3.49. The molecule has 3 aliphatic rings. The molecule has 1 saturated heterocycles. The van der Waals surface area contributed by atoms with Gasteiger partial charge in [-0.05, 0) is 52.0 Å². The zero-order valence-corrected chi connectivity index (χ0v) is 22.5. The van der Waals surface area contributed by atoms with Crippen LogP contribution in [-0.2, 0) is 25.7 Å². The molecule has 0 radical (unpaired) electrons. The van der Waals surface area contributed by atoms with Crippen LogP contribution in [0.3, 0.4) is 0 Å². The largest absolute Gasteiger partial charge is 0.490 e. The summed E-state index contributed by atoms with van der Waals surface area (Å²) in [6, 6.07) is 9.85. The van der Waals surface area contributed by atoms with E-state index in [0.717, 1.165) is 36.4 Å². The molecule has 1 aromatic rings. The number of nitrogens with one attached hydrogen (secondary N) is 1. The monoisotopic (exact) mass is 495 g/mol. The van der Waals surface area contributed by atoms with Gasteiger partial charge in [0.1, 0.15) is 11.4 Å². The van der Waals surface area contributed by atoms with Crippen LogP contribution < -0.4 is 5.32 Å². The van der Waals surface area contributed by atoms with Gasteiger partial charge in [0.2, 0.25) is 5.91 Å². The van der Waals surface area contributed by atoms with Gasteiger partial charge >= 0.3 is 0 Å². The molecule has 36 heavy (non-hydrogen) atoms. The summed E-state index contributed by atoms with van der Waals surface area (Å²) >= 11 is 0. The Balaban J connectivity index is 1.44. The Hall–Kier alpha value is -2.80. The van der Waals surface area contributed by atoms with Crippen LogP contribution >= 0.6 is 0 Å². The first kappa shape index (κ1) is 26.3. The molecule has 3 aliphatic heterocycles. The maximum absolute atomic E-state index is 13.2. The highest BCUT2D eigenvalue weighted by Gasteiger charge is 2.44. The van der Waals surface area contributed by atoms with Gasteiger partial charge in [-0.2, -0.15) is 0 Å². The van der Waals surface area contributed by atoms with Crippen molar-refractivity contribution in [3.63, 3.8) is 0 Å². The molecule has 1 fully saturated rings. The number of ether oxygens (including phenoxy) is 2. The molecule has 0 saturated carbocycles. The molecule has 0 aliphatic carbocycles. The minimum atomic E-state index is -0.358. The molecule has 1 N–H and O–H groups in total. The van der Waals surface area contributed by atoms with E-state index in [9.17, 15) is 9.59 Å². The van der Waals surface area contributed by atoms with Crippen molar-refractivity contribution in [2.45, 2.75) is 90.8 Å². The van der Waals surface area contributed by atoms with Gasteiger partial charge in [0.15, 0.2) is 0 Å². The van der Waals surface area contributed by atoms with E-state index < -0.39 is 0 Å². The summed E-state index contributed by atoms with van der Waals surface area (Å²) < 4.78 is 12.4. The van der Waals surface area contributed by atoms with Crippen LogP contribution in [0.15, 0.2) is 53.9 Å². The molecular formula is C29H41N3O4. The Bertz CT molecular complexity index is 1010. The van der Waals surface area contributed by atoms with Gasteiger partial charge in [-0.25, -0.2) is 0 Å². The van der Waals surface area contributed by atoms with Gasteiger partial charge in [0.05, 0.1) is 30.8 Å². The quantitative estimate of drug-likeness (QED) is 0.561. The third kappa shape index (κ3) is 6.12. The van der Waals surface area contributed by atoms with E-state index in [4.69, 9.17) is 9.47 Å². The van der Waals surface area contributed by atoms with Gasteiger partial charge < -0.3 is 24.6 Å². The Morgan fingerprint density at radius 3 is 2.47 bits per heavy atom. The van der Waals surface area contributed by atoms with Crippen molar-refractivity contribution in [2.75, 3.05) is 13.1 Å². The zero-order valence-electron chi connectivity index (χ0n) is 22.5. The first-order valence-corrected chi connectivity index (χ1v) is 13.2. The van der Waals surface area contributed by atoms with Gasteiger partial charge in [-0.1, -0.05) is 44.2 Å². The van der Waals surface area contributed by atoms with Crippen molar-refractivity contribution in [2.24, 2.45) is 5.92 Å². The fourth-order valence-corrected chi connectivity index (χ4v) is 5.39. The third-order valence-corrected chi connectivity index (χ3v) is 6.95. The predicted molar refractivity (Wildman–Crippen MR) is 140 cm³/mol. The van der Waals surface area contributed by atoms with Gasteiger partial charge in [-0.15, -0.1) is 0 Å². The van der Waals surface area contributed by atoms with Crippen molar-refractivity contribution >= 4 is 11.8 Å². The van der Waals surface area contributed by atoms with Gasteiger partial charge in [-0.3, -0.25) is 9.59 Å². The highest BCUT2D eigenvalue weighted by molar-refractivity contribution is 5.92. The molecule has 0 bridgehead atoms. The maximum Gasteiger partial charge on any atom is 0.250 e. The Labute approximate surface area is 215 Å². The average molecular weight is 496 g/mol. The Morgan fingerprint density at radius 2 is 1.81 bits per heavy atom. The van der Waals surface area contributed by atoms with Crippen LogP contribution in [0, 0.1) is 5.92 Å². The number of rotatable bonds is 9. The molecular weight excluding hydrogens is 454 g/mol. The fourth-order valence-electron chi connectivity index (χ4n) is 5.39. The van der Waals surface area contributed by atoms with E-state index in [0.29, 0.717) is 19.1 Å². The van der Waals surface area contributed by atoms with E-state index >= 15 is 0 Å². The van der Waals surface area contributed by atoms with Gasteiger partial charge in [0.25, 0.3) is 5.91 Å². The number of carbonyl (C=O) groups excluding carboxylic acids is 2. The van der Waals surface area contributed by atoms with E-state index in [1.54, 1.807) is 12.2 Å². The number of likely N-dealkylation sites (tertiary alicyclic amines) is 1. The summed E-state index contributed by atoms with van der Waals surface area (Å²) in [7, 11) is 0. The second-order valence-corrected chi connectivity index (χ2v) is 11.6. The van der Waals surface area contributed by atoms with Crippen LogP contribution in [0.25, 0.3) is 0 Å². The maximum atomic E-state index is 13.2. The van der Waals surface area contributed by atoms with E-state index in [1.807, 2.05) is 62.9 Å². The van der Waals surface area contributed by atoms with E-state index in [1.165, 1.54) is 0 Å². The molecule has 0 spiro atoms. The highest BCUT2D eigenvalue weighted by atomic mass is 16.5. The fraction of sp³-hybridized carbons (Fsp3) is 0.586. The van der Waals surface area contributed by atoms with Gasteiger partial charge in [0, 0.05) is 30.9 Å². The summed E-state index contributed by atoms with van der Waals surface area (Å²) in [4.78, 5) is 29.8. The van der Waals surface area contributed by atoms with E-state index in [2.05, 4.69) is 24.1 Å². The summed E-state index contributed by atoms with van der Waals surface area (Å²) in [6.07, 6.45) is 4.91. The topological polar surface area (TPSA) is 71.1 Å². The number of nitrogens with zero attached hydrogens (tertiary/aromatic N) is 2. The number of benzene rings is 1. The molecule has 2 amide bonds. The lowest BCUT2D eigenvalue weighted by Crippen LogP contribution is -2.47. The molecule has 0 aromatic heterocycles. The normalized spacial score (nSPS) is 25.4. The lowest BCUT2D eigenvalue weighted by atomic mass is 10.0. The smallest absolute Gasteiger partial charge is 0.250 e. The van der Waals surface area contributed by atoms with Crippen molar-refractivity contribution in [3.8, 4) is 0 Å². The van der Waals surface area contributed by atoms with Crippen molar-refractivity contribution in [3.05, 3.63) is 59.5 Å². The van der Waals surface area contributed by atoms with Crippen LogP contribution in [0.2, 0.25) is 0 Å². The molecule has 1 unspecified atom stereocenters. The molecule has 7 nitrogen and oxygen atoms in total. The number of hydrogen-bond acceptors (Lipinski definition) is 5.